The van der Waals surface area contributed by atoms with E-state index in [4.69, 9.17) is 14.5 Å². The molecule has 2 aromatic heterocycles. The van der Waals surface area contributed by atoms with Crippen molar-refractivity contribution >= 4 is 39.4 Å². The minimum atomic E-state index is -1.29. The number of thiazole rings is 1. The highest BCUT2D eigenvalue weighted by Crippen LogP contribution is 2.35. The number of aliphatic carboxylic acids is 1. The molecule has 0 aliphatic carbocycles. The maximum atomic E-state index is 11.5. The summed E-state index contributed by atoms with van der Waals surface area (Å²) in [6.07, 6.45) is -1.85. The number of carbonyl (C=O) groups is 2. The normalized spacial score (nSPS) is 18.0. The number of fused-ring (bicyclic) bond motifs is 1. The molecule has 1 amide bonds. The lowest BCUT2D eigenvalue weighted by Crippen LogP contribution is -2.39. The molecule has 0 bridgehead atoms. The van der Waals surface area contributed by atoms with E-state index < -0.39 is 24.2 Å². The molecule has 1 fully saturated rings. The minimum Gasteiger partial charge on any atom is -0.497 e. The van der Waals surface area contributed by atoms with Crippen molar-refractivity contribution in [3.8, 4) is 22.9 Å². The van der Waals surface area contributed by atoms with Crippen molar-refractivity contribution in [1.82, 2.24) is 14.9 Å². The lowest BCUT2D eigenvalue weighted by atomic mass is 10.1. The molecule has 3 N–H and O–H groups in total. The fraction of sp³-hybridized carbons (Fsp3) is 0.364. The van der Waals surface area contributed by atoms with Crippen LogP contribution in [0.5, 0.6) is 11.5 Å². The molecule has 0 radical (unpaired) electrons. The van der Waals surface area contributed by atoms with Crippen molar-refractivity contribution < 1.29 is 29.3 Å². The number of benzene rings is 1. The zero-order valence-corrected chi connectivity index (χ0v) is 19.1. The van der Waals surface area contributed by atoms with Crippen LogP contribution in [-0.2, 0) is 4.79 Å². The molecule has 10 nitrogen and oxygen atoms in total. The fourth-order valence-corrected chi connectivity index (χ4v) is 4.60. The van der Waals surface area contributed by atoms with Crippen LogP contribution < -0.4 is 14.8 Å². The Balaban J connectivity index is 1.71. The van der Waals surface area contributed by atoms with Crippen LogP contribution in [0.1, 0.15) is 20.3 Å². The molecular weight excluding hydrogens is 448 g/mol. The Kier molecular flexibility index (Phi) is 6.23. The molecule has 1 aliphatic heterocycles. The third-order valence-corrected chi connectivity index (χ3v) is 6.02. The summed E-state index contributed by atoms with van der Waals surface area (Å²) in [6.45, 7) is 4.01. The number of hydrogen-bond acceptors (Lipinski definition) is 8. The SMILES string of the molecule is COc1ccc2c(O[C@@H]3C[C@@H](C(=O)O)N(C(=O)O)C3)cc(-c3csc(NC(C)C)n3)nc2c1. The zero-order valence-electron chi connectivity index (χ0n) is 18.3. The third-order valence-electron chi connectivity index (χ3n) is 5.24. The first-order valence-electron chi connectivity index (χ1n) is 10.4. The lowest BCUT2D eigenvalue weighted by Gasteiger charge is -2.17. The van der Waals surface area contributed by atoms with Crippen LogP contribution in [0, 0.1) is 0 Å². The molecule has 1 aromatic carbocycles. The molecule has 1 saturated heterocycles. The van der Waals surface area contributed by atoms with Crippen LogP contribution >= 0.6 is 11.3 Å². The molecule has 1 aliphatic rings. The van der Waals surface area contributed by atoms with E-state index in [1.807, 2.05) is 25.3 Å². The lowest BCUT2D eigenvalue weighted by molar-refractivity contribution is -0.141. The second kappa shape index (κ2) is 9.10. The summed E-state index contributed by atoms with van der Waals surface area (Å²) in [5.41, 5.74) is 1.87. The number of pyridine rings is 1. The van der Waals surface area contributed by atoms with Gasteiger partial charge in [-0.1, -0.05) is 0 Å². The number of anilines is 1. The van der Waals surface area contributed by atoms with Crippen molar-refractivity contribution in [3.05, 3.63) is 29.6 Å². The molecule has 33 heavy (non-hydrogen) atoms. The second-order valence-electron chi connectivity index (χ2n) is 7.99. The number of carboxylic acid groups (broad SMARTS) is 2. The monoisotopic (exact) mass is 472 g/mol. The topological polar surface area (TPSA) is 134 Å². The van der Waals surface area contributed by atoms with Gasteiger partial charge in [-0.15, -0.1) is 11.3 Å². The van der Waals surface area contributed by atoms with Gasteiger partial charge in [-0.2, -0.15) is 0 Å². The number of rotatable bonds is 7. The summed E-state index contributed by atoms with van der Waals surface area (Å²) < 4.78 is 11.5. The Bertz CT molecular complexity index is 1170. The maximum absolute atomic E-state index is 11.5. The average molecular weight is 473 g/mol. The first-order valence-corrected chi connectivity index (χ1v) is 11.2. The Hall–Kier alpha value is -3.60. The first kappa shape index (κ1) is 22.6. The molecule has 0 saturated carbocycles. The number of carboxylic acids is 1. The molecule has 174 valence electrons. The molecule has 0 spiro atoms. The summed E-state index contributed by atoms with van der Waals surface area (Å²) in [6, 6.07) is 6.21. The van der Waals surface area contributed by atoms with Crippen LogP contribution in [0.15, 0.2) is 29.6 Å². The van der Waals surface area contributed by atoms with Crippen LogP contribution in [0.2, 0.25) is 0 Å². The Morgan fingerprint density at radius 3 is 2.64 bits per heavy atom. The van der Waals surface area contributed by atoms with Gasteiger partial charge in [0.25, 0.3) is 0 Å². The maximum Gasteiger partial charge on any atom is 0.408 e. The van der Waals surface area contributed by atoms with E-state index >= 15 is 0 Å². The first-order chi connectivity index (χ1) is 15.7. The van der Waals surface area contributed by atoms with Gasteiger partial charge in [-0.25, -0.2) is 19.6 Å². The van der Waals surface area contributed by atoms with Gasteiger partial charge >= 0.3 is 12.1 Å². The van der Waals surface area contributed by atoms with Gasteiger partial charge in [0, 0.05) is 35.4 Å². The number of nitrogens with zero attached hydrogens (tertiary/aromatic N) is 3. The Morgan fingerprint density at radius 2 is 2.00 bits per heavy atom. The van der Waals surface area contributed by atoms with E-state index in [0.717, 1.165) is 10.0 Å². The summed E-state index contributed by atoms with van der Waals surface area (Å²) >= 11 is 1.47. The summed E-state index contributed by atoms with van der Waals surface area (Å²) in [5, 5.41) is 25.4. The van der Waals surface area contributed by atoms with Crippen molar-refractivity contribution in [2.45, 2.75) is 38.5 Å². The zero-order chi connectivity index (χ0) is 23.7. The number of nitrogens with one attached hydrogen (secondary N) is 1. The number of ether oxygens (including phenoxy) is 2. The van der Waals surface area contributed by atoms with E-state index in [2.05, 4.69) is 10.3 Å². The number of methoxy groups -OCH3 is 1. The number of aromatic nitrogens is 2. The van der Waals surface area contributed by atoms with Crippen LogP contribution in [0.25, 0.3) is 22.3 Å². The smallest absolute Gasteiger partial charge is 0.408 e. The van der Waals surface area contributed by atoms with E-state index in [1.54, 1.807) is 25.3 Å². The Labute approximate surface area is 193 Å². The van der Waals surface area contributed by atoms with Gasteiger partial charge in [0.15, 0.2) is 5.13 Å². The van der Waals surface area contributed by atoms with Crippen LogP contribution in [0.3, 0.4) is 0 Å². The van der Waals surface area contributed by atoms with Crippen molar-refractivity contribution in [2.24, 2.45) is 0 Å². The quantitative estimate of drug-likeness (QED) is 0.470. The number of amides is 1. The summed E-state index contributed by atoms with van der Waals surface area (Å²) in [5.74, 6) is -0.0889. The van der Waals surface area contributed by atoms with Gasteiger partial charge in [0.05, 0.1) is 24.9 Å². The molecule has 4 rings (SSSR count). The van der Waals surface area contributed by atoms with E-state index in [1.165, 1.54) is 11.3 Å². The standard InChI is InChI=1S/C22H24N4O6S/c1-11(2)23-21-25-17(10-33-21)16-8-19(14-5-4-12(31-3)6-15(14)24-16)32-13-7-18(20(27)28)26(9-13)22(29)30/h4-6,8,10-11,13,18H,7,9H2,1-3H3,(H,23,25)(H,27,28)(H,29,30)/t13-,18+/m1/s1. The predicted molar refractivity (Wildman–Crippen MR) is 123 cm³/mol. The van der Waals surface area contributed by atoms with Gasteiger partial charge < -0.3 is 25.0 Å². The fourth-order valence-electron chi connectivity index (χ4n) is 3.74. The van der Waals surface area contributed by atoms with Gasteiger partial charge in [-0.3, -0.25) is 4.90 Å². The van der Waals surface area contributed by atoms with Crippen molar-refractivity contribution in [2.75, 3.05) is 19.0 Å². The van der Waals surface area contributed by atoms with E-state index in [9.17, 15) is 19.8 Å². The predicted octanol–water partition coefficient (Wildman–Crippen LogP) is 3.77. The highest BCUT2D eigenvalue weighted by molar-refractivity contribution is 7.14. The minimum absolute atomic E-state index is 0.0409. The summed E-state index contributed by atoms with van der Waals surface area (Å²) in [4.78, 5) is 33.2. The third kappa shape index (κ3) is 4.77. The highest BCUT2D eigenvalue weighted by atomic mass is 32.1. The largest absolute Gasteiger partial charge is 0.497 e. The highest BCUT2D eigenvalue weighted by Gasteiger charge is 2.41. The molecule has 11 heteroatoms. The van der Waals surface area contributed by atoms with Gasteiger partial charge in [0.1, 0.15) is 29.3 Å². The van der Waals surface area contributed by atoms with Crippen molar-refractivity contribution in [3.63, 3.8) is 0 Å². The van der Waals surface area contributed by atoms with Gasteiger partial charge in [0.2, 0.25) is 0 Å². The number of hydrogen-bond donors (Lipinski definition) is 3. The molecule has 3 heterocycles. The molecule has 3 aromatic rings. The summed E-state index contributed by atoms with van der Waals surface area (Å²) in [7, 11) is 1.57. The average Bonchev–Trinajstić information content (AvgIpc) is 3.40. The van der Waals surface area contributed by atoms with Crippen LogP contribution in [-0.4, -0.2) is 69.0 Å². The molecule has 2 atom stereocenters. The Morgan fingerprint density at radius 1 is 1.21 bits per heavy atom. The van der Waals surface area contributed by atoms with Crippen molar-refractivity contribution in [1.29, 1.82) is 0 Å². The van der Waals surface area contributed by atoms with Gasteiger partial charge in [-0.05, 0) is 26.0 Å². The number of likely N-dealkylation sites (tertiary alicyclic amines) is 1. The molecular formula is C22H24N4O6S. The van der Waals surface area contributed by atoms with E-state index in [-0.39, 0.29) is 19.0 Å². The molecule has 0 unspecified atom stereocenters. The van der Waals surface area contributed by atoms with Crippen LogP contribution in [0.4, 0.5) is 9.93 Å². The second-order valence-corrected chi connectivity index (χ2v) is 8.85. The van der Waals surface area contributed by atoms with E-state index in [0.29, 0.717) is 33.8 Å².